The van der Waals surface area contributed by atoms with E-state index in [9.17, 15) is 4.39 Å². The van der Waals surface area contributed by atoms with E-state index >= 15 is 0 Å². The lowest BCUT2D eigenvalue weighted by Gasteiger charge is -2.17. The van der Waals surface area contributed by atoms with E-state index in [1.165, 1.54) is 47.8 Å². The fourth-order valence-corrected chi connectivity index (χ4v) is 4.45. The Labute approximate surface area is 190 Å². The van der Waals surface area contributed by atoms with Gasteiger partial charge in [0.1, 0.15) is 5.82 Å². The number of para-hydroxylation sites is 1. The van der Waals surface area contributed by atoms with Gasteiger partial charge in [0.2, 0.25) is 0 Å². The van der Waals surface area contributed by atoms with Crippen LogP contribution in [0.15, 0.2) is 60.8 Å². The lowest BCUT2D eigenvalue weighted by Crippen LogP contribution is -2.23. The highest BCUT2D eigenvalue weighted by atomic mass is 19.1. The zero-order valence-electron chi connectivity index (χ0n) is 19.1. The molecule has 0 saturated heterocycles. The van der Waals surface area contributed by atoms with Crippen LogP contribution in [0.3, 0.4) is 0 Å². The monoisotopic (exact) mass is 432 g/mol. The summed E-state index contributed by atoms with van der Waals surface area (Å²) < 4.78 is 15.7. The first-order valence-electron chi connectivity index (χ1n) is 11.8. The first-order chi connectivity index (χ1) is 15.7. The highest BCUT2D eigenvalue weighted by Gasteiger charge is 2.15. The summed E-state index contributed by atoms with van der Waals surface area (Å²) in [6, 6.07) is 17.3. The number of fused-ring (bicyclic) bond motifs is 3. The van der Waals surface area contributed by atoms with E-state index in [1.54, 1.807) is 0 Å². The Morgan fingerprint density at radius 1 is 0.906 bits per heavy atom. The predicted octanol–water partition coefficient (Wildman–Crippen LogP) is 6.30. The molecule has 1 N–H and O–H groups in total. The van der Waals surface area contributed by atoms with Gasteiger partial charge in [0.05, 0.1) is 5.52 Å². The third-order valence-corrected chi connectivity index (χ3v) is 6.27. The van der Waals surface area contributed by atoms with Crippen molar-refractivity contribution < 1.29 is 4.39 Å². The van der Waals surface area contributed by atoms with Crippen molar-refractivity contribution in [3.63, 3.8) is 0 Å². The number of hydrogen-bond donors (Lipinski definition) is 1. The molecule has 4 nitrogen and oxygen atoms in total. The van der Waals surface area contributed by atoms with Crippen LogP contribution in [0.2, 0.25) is 0 Å². The maximum Gasteiger partial charge on any atom is 0.150 e. The molecule has 2 aromatic carbocycles. The molecule has 168 valence electrons. The molecule has 0 spiro atoms. The molecule has 2 heterocycles. The highest BCUT2D eigenvalue weighted by molar-refractivity contribution is 6.11. The molecule has 0 saturated carbocycles. The number of hydrogen-bond acceptors (Lipinski definition) is 3. The third kappa shape index (κ3) is 4.94. The molecule has 0 fully saturated rings. The molecule has 0 aliphatic rings. The quantitative estimate of drug-likeness (QED) is 0.282. The Kier molecular flexibility index (Phi) is 7.38. The average molecular weight is 433 g/mol. The molecule has 0 amide bonds. The van der Waals surface area contributed by atoms with E-state index in [0.29, 0.717) is 6.54 Å². The van der Waals surface area contributed by atoms with E-state index in [4.69, 9.17) is 4.98 Å². The number of benzene rings is 2. The van der Waals surface area contributed by atoms with Crippen molar-refractivity contribution in [2.45, 2.75) is 39.7 Å². The van der Waals surface area contributed by atoms with Gasteiger partial charge in [-0.15, -0.1) is 0 Å². The molecule has 4 rings (SSSR count). The van der Waals surface area contributed by atoms with Gasteiger partial charge in [0.25, 0.3) is 0 Å². The summed E-state index contributed by atoms with van der Waals surface area (Å²) in [6.45, 7) is 9.45. The maximum atomic E-state index is 13.4. The minimum atomic E-state index is -0.207. The van der Waals surface area contributed by atoms with Crippen LogP contribution in [-0.4, -0.2) is 40.6 Å². The van der Waals surface area contributed by atoms with Crippen LogP contribution >= 0.6 is 0 Å². The molecule has 0 unspecified atom stereocenters. The van der Waals surface area contributed by atoms with Crippen LogP contribution in [0.4, 0.5) is 10.2 Å². The van der Waals surface area contributed by atoms with E-state index < -0.39 is 0 Å². The summed E-state index contributed by atoms with van der Waals surface area (Å²) in [5.41, 5.74) is 3.35. The number of nitrogens with one attached hydrogen (secondary N) is 1. The number of aromatic nitrogens is 2. The molecule has 0 atom stereocenters. The van der Waals surface area contributed by atoms with E-state index in [2.05, 4.69) is 59.0 Å². The Hall–Kier alpha value is -2.92. The smallest absolute Gasteiger partial charge is 0.150 e. The number of rotatable bonds is 11. The van der Waals surface area contributed by atoms with Crippen LogP contribution in [-0.2, 0) is 6.54 Å². The molecule has 0 radical (unpaired) electrons. The lowest BCUT2D eigenvalue weighted by atomic mass is 10.2. The second-order valence-corrected chi connectivity index (χ2v) is 8.30. The predicted molar refractivity (Wildman–Crippen MR) is 133 cm³/mol. The van der Waals surface area contributed by atoms with Crippen LogP contribution in [0.25, 0.3) is 21.8 Å². The van der Waals surface area contributed by atoms with Gasteiger partial charge in [-0.3, -0.25) is 0 Å². The maximum absolute atomic E-state index is 13.4. The minimum absolute atomic E-state index is 0.207. The number of pyridine rings is 1. The van der Waals surface area contributed by atoms with Crippen LogP contribution in [0, 0.1) is 5.82 Å². The average Bonchev–Trinajstić information content (AvgIpc) is 3.14. The second kappa shape index (κ2) is 10.6. The van der Waals surface area contributed by atoms with Crippen molar-refractivity contribution in [1.29, 1.82) is 0 Å². The number of halogens is 1. The molecule has 0 aliphatic heterocycles. The second-order valence-electron chi connectivity index (χ2n) is 8.30. The summed E-state index contributed by atoms with van der Waals surface area (Å²) in [6.07, 6.45) is 5.45. The van der Waals surface area contributed by atoms with E-state index in [-0.39, 0.29) is 5.82 Å². The van der Waals surface area contributed by atoms with Crippen molar-refractivity contribution >= 4 is 27.6 Å². The summed E-state index contributed by atoms with van der Waals surface area (Å²) in [5, 5.41) is 6.01. The molecule has 2 aromatic heterocycles. The Bertz CT molecular complexity index is 1150. The summed E-state index contributed by atoms with van der Waals surface area (Å²) in [5.74, 6) is 0.713. The zero-order chi connectivity index (χ0) is 22.3. The van der Waals surface area contributed by atoms with Gasteiger partial charge in [-0.2, -0.15) is 0 Å². The zero-order valence-corrected chi connectivity index (χ0v) is 19.1. The molecule has 0 aliphatic carbocycles. The molecule has 0 bridgehead atoms. The van der Waals surface area contributed by atoms with Crippen molar-refractivity contribution in [3.05, 3.63) is 72.2 Å². The molecule has 32 heavy (non-hydrogen) atoms. The largest absolute Gasteiger partial charge is 0.368 e. The van der Waals surface area contributed by atoms with E-state index in [0.717, 1.165) is 43.0 Å². The van der Waals surface area contributed by atoms with Crippen molar-refractivity contribution in [2.24, 2.45) is 0 Å². The van der Waals surface area contributed by atoms with Gasteiger partial charge in [-0.05, 0) is 62.3 Å². The molecular weight excluding hydrogens is 399 g/mol. The standard InChI is InChI=1S/C27H33FN4/c1-3-31(4-2)19-9-5-8-17-29-27-26-24(16-18-30-27)23-10-6-7-11-25(23)32(26)20-21-12-14-22(28)15-13-21/h6-7,10-16,18H,3-5,8-9,17,19-20H2,1-2H3,(H,29,30). The van der Waals surface area contributed by atoms with Gasteiger partial charge in [0, 0.05) is 35.6 Å². The Morgan fingerprint density at radius 2 is 1.69 bits per heavy atom. The van der Waals surface area contributed by atoms with Crippen molar-refractivity contribution in [3.8, 4) is 0 Å². The number of nitrogens with zero attached hydrogens (tertiary/aromatic N) is 3. The van der Waals surface area contributed by atoms with Crippen LogP contribution in [0.5, 0.6) is 0 Å². The molecule has 5 heteroatoms. The SMILES string of the molecule is CCN(CC)CCCCCNc1nccc2c3ccccc3n(Cc3ccc(F)cc3)c12. The van der Waals surface area contributed by atoms with Crippen molar-refractivity contribution in [2.75, 3.05) is 31.5 Å². The Balaban J connectivity index is 1.55. The third-order valence-electron chi connectivity index (χ3n) is 6.27. The van der Waals surface area contributed by atoms with Crippen molar-refractivity contribution in [1.82, 2.24) is 14.5 Å². The first kappa shape index (κ1) is 22.3. The van der Waals surface area contributed by atoms with Gasteiger partial charge in [-0.25, -0.2) is 9.37 Å². The topological polar surface area (TPSA) is 33.1 Å². The molecular formula is C27H33FN4. The van der Waals surface area contributed by atoms with Gasteiger partial charge < -0.3 is 14.8 Å². The fourth-order valence-electron chi connectivity index (χ4n) is 4.45. The summed E-state index contributed by atoms with van der Waals surface area (Å²) in [7, 11) is 0. The normalized spacial score (nSPS) is 11.6. The number of unbranched alkanes of at least 4 members (excludes halogenated alkanes) is 2. The van der Waals surface area contributed by atoms with Gasteiger partial charge in [0.15, 0.2) is 5.82 Å². The molecule has 4 aromatic rings. The number of anilines is 1. The minimum Gasteiger partial charge on any atom is -0.368 e. The lowest BCUT2D eigenvalue weighted by molar-refractivity contribution is 0.296. The highest BCUT2D eigenvalue weighted by Crippen LogP contribution is 2.33. The van der Waals surface area contributed by atoms with E-state index in [1.807, 2.05) is 18.3 Å². The fraction of sp³-hybridized carbons (Fsp3) is 0.370. The van der Waals surface area contributed by atoms with Crippen LogP contribution in [0.1, 0.15) is 38.7 Å². The van der Waals surface area contributed by atoms with Gasteiger partial charge >= 0.3 is 0 Å². The summed E-state index contributed by atoms with van der Waals surface area (Å²) >= 11 is 0. The Morgan fingerprint density at radius 3 is 2.47 bits per heavy atom. The van der Waals surface area contributed by atoms with Gasteiger partial charge in [-0.1, -0.05) is 50.6 Å². The first-order valence-corrected chi connectivity index (χ1v) is 11.8. The van der Waals surface area contributed by atoms with Crippen LogP contribution < -0.4 is 5.32 Å². The summed E-state index contributed by atoms with van der Waals surface area (Å²) in [4.78, 5) is 7.17.